The second-order valence-corrected chi connectivity index (χ2v) is 6.15. The average molecular weight is 326 g/mol. The second kappa shape index (κ2) is 7.25. The molecule has 3 nitrogen and oxygen atoms in total. The number of anilines is 1. The van der Waals surface area contributed by atoms with Crippen LogP contribution in [-0.2, 0) is 6.54 Å². The minimum Gasteiger partial charge on any atom is -0.353 e. The third kappa shape index (κ3) is 4.18. The third-order valence-corrected chi connectivity index (χ3v) is 3.81. The van der Waals surface area contributed by atoms with Crippen LogP contribution in [0.1, 0.15) is 45.1 Å². The summed E-state index contributed by atoms with van der Waals surface area (Å²) in [7, 11) is 0. The number of pyridine rings is 1. The van der Waals surface area contributed by atoms with Gasteiger partial charge in [0.1, 0.15) is 5.82 Å². The minimum absolute atomic E-state index is 0.721. The van der Waals surface area contributed by atoms with Crippen molar-refractivity contribution in [3.05, 3.63) is 22.3 Å². The first-order valence-corrected chi connectivity index (χ1v) is 8.17. The summed E-state index contributed by atoms with van der Waals surface area (Å²) in [5.74, 6) is 1.18. The van der Waals surface area contributed by atoms with E-state index in [1.165, 1.54) is 30.6 Å². The lowest BCUT2D eigenvalue weighted by Gasteiger charge is -2.25. The topological polar surface area (TPSA) is 28.2 Å². The van der Waals surface area contributed by atoms with E-state index in [4.69, 9.17) is 0 Å². The fraction of sp³-hybridized carbons (Fsp3) is 0.667. The number of hydrogen-bond acceptors (Lipinski definition) is 3. The van der Waals surface area contributed by atoms with E-state index in [1.54, 1.807) is 0 Å². The van der Waals surface area contributed by atoms with Gasteiger partial charge in [0.25, 0.3) is 0 Å². The van der Waals surface area contributed by atoms with Crippen LogP contribution < -0.4 is 10.2 Å². The molecule has 1 N–H and O–H groups in total. The van der Waals surface area contributed by atoms with E-state index < -0.39 is 0 Å². The van der Waals surface area contributed by atoms with Crippen LogP contribution in [0.3, 0.4) is 0 Å². The first kappa shape index (κ1) is 14.8. The van der Waals surface area contributed by atoms with Gasteiger partial charge in [-0.1, -0.05) is 13.8 Å². The van der Waals surface area contributed by atoms with Gasteiger partial charge in [0, 0.05) is 35.4 Å². The molecule has 0 radical (unpaired) electrons. The standard InChI is InChI=1S/C15H24BrN3/c1-3-7-17-10-12-9-13(16)11-18-15(12)19(8-4-2)14-5-6-14/h9,11,14,17H,3-8,10H2,1-2H3. The summed E-state index contributed by atoms with van der Waals surface area (Å²) < 4.78 is 1.07. The SMILES string of the molecule is CCCNCc1cc(Br)cnc1N(CCC)C1CC1. The molecule has 0 amide bonds. The van der Waals surface area contributed by atoms with Gasteiger partial charge in [-0.3, -0.25) is 0 Å². The van der Waals surface area contributed by atoms with Gasteiger partial charge in [0.15, 0.2) is 0 Å². The van der Waals surface area contributed by atoms with Crippen LogP contribution in [0.5, 0.6) is 0 Å². The Kier molecular flexibility index (Phi) is 5.64. The van der Waals surface area contributed by atoms with Crippen molar-refractivity contribution in [1.82, 2.24) is 10.3 Å². The van der Waals surface area contributed by atoms with E-state index in [0.717, 1.165) is 36.6 Å². The highest BCUT2D eigenvalue weighted by Crippen LogP contribution is 2.33. The molecular formula is C15H24BrN3. The predicted octanol–water partition coefficient (Wildman–Crippen LogP) is 3.72. The predicted molar refractivity (Wildman–Crippen MR) is 84.6 cm³/mol. The Morgan fingerprint density at radius 3 is 2.79 bits per heavy atom. The molecule has 0 aromatic carbocycles. The zero-order chi connectivity index (χ0) is 13.7. The van der Waals surface area contributed by atoms with Gasteiger partial charge in [-0.25, -0.2) is 4.98 Å². The summed E-state index contributed by atoms with van der Waals surface area (Å²) in [5, 5.41) is 3.49. The number of nitrogens with zero attached hydrogens (tertiary/aromatic N) is 2. The van der Waals surface area contributed by atoms with Crippen molar-refractivity contribution in [2.45, 2.75) is 52.1 Å². The summed E-state index contributed by atoms with van der Waals surface area (Å²) in [6.45, 7) is 7.51. The van der Waals surface area contributed by atoms with Crippen molar-refractivity contribution < 1.29 is 0 Å². The Morgan fingerprint density at radius 1 is 1.37 bits per heavy atom. The van der Waals surface area contributed by atoms with Crippen LogP contribution in [0.4, 0.5) is 5.82 Å². The maximum Gasteiger partial charge on any atom is 0.133 e. The first-order valence-electron chi connectivity index (χ1n) is 7.38. The fourth-order valence-electron chi connectivity index (χ4n) is 2.35. The second-order valence-electron chi connectivity index (χ2n) is 5.24. The zero-order valence-corrected chi connectivity index (χ0v) is 13.5. The number of rotatable bonds is 8. The van der Waals surface area contributed by atoms with Crippen LogP contribution in [0.25, 0.3) is 0 Å². The molecule has 0 atom stereocenters. The molecule has 1 saturated carbocycles. The van der Waals surface area contributed by atoms with Gasteiger partial charge < -0.3 is 10.2 Å². The van der Waals surface area contributed by atoms with Gasteiger partial charge >= 0.3 is 0 Å². The lowest BCUT2D eigenvalue weighted by molar-refractivity contribution is 0.665. The number of nitrogens with one attached hydrogen (secondary N) is 1. The molecule has 1 fully saturated rings. The highest BCUT2D eigenvalue weighted by Gasteiger charge is 2.30. The minimum atomic E-state index is 0.721. The lowest BCUT2D eigenvalue weighted by atomic mass is 10.2. The van der Waals surface area contributed by atoms with Gasteiger partial charge in [-0.05, 0) is 54.2 Å². The quantitative estimate of drug-likeness (QED) is 0.738. The van der Waals surface area contributed by atoms with Crippen molar-refractivity contribution in [2.75, 3.05) is 18.0 Å². The van der Waals surface area contributed by atoms with Gasteiger partial charge in [0.05, 0.1) is 0 Å². The molecule has 1 aromatic rings. The largest absolute Gasteiger partial charge is 0.353 e. The van der Waals surface area contributed by atoms with Crippen LogP contribution in [-0.4, -0.2) is 24.1 Å². The van der Waals surface area contributed by atoms with E-state index in [9.17, 15) is 0 Å². The highest BCUT2D eigenvalue weighted by atomic mass is 79.9. The van der Waals surface area contributed by atoms with Crippen LogP contribution in [0, 0.1) is 0 Å². The Hall–Kier alpha value is -0.610. The monoisotopic (exact) mass is 325 g/mol. The summed E-state index contributed by atoms with van der Waals surface area (Å²) >= 11 is 3.54. The molecule has 1 aromatic heterocycles. The number of hydrogen-bond donors (Lipinski definition) is 1. The van der Waals surface area contributed by atoms with E-state index >= 15 is 0 Å². The normalized spacial score (nSPS) is 14.7. The average Bonchev–Trinajstić information content (AvgIpc) is 3.21. The summed E-state index contributed by atoms with van der Waals surface area (Å²) in [6.07, 6.45) is 6.90. The molecule has 1 aliphatic carbocycles. The molecule has 1 aliphatic rings. The molecule has 1 heterocycles. The Bertz CT molecular complexity index is 404. The van der Waals surface area contributed by atoms with Gasteiger partial charge in [-0.2, -0.15) is 0 Å². The van der Waals surface area contributed by atoms with Crippen molar-refractivity contribution in [3.63, 3.8) is 0 Å². The lowest BCUT2D eigenvalue weighted by Crippen LogP contribution is -2.29. The van der Waals surface area contributed by atoms with Crippen molar-refractivity contribution in [2.24, 2.45) is 0 Å². The molecule has 0 aliphatic heterocycles. The van der Waals surface area contributed by atoms with Crippen LogP contribution in [0.15, 0.2) is 16.7 Å². The molecule has 4 heteroatoms. The molecular weight excluding hydrogens is 302 g/mol. The molecule has 19 heavy (non-hydrogen) atoms. The maximum absolute atomic E-state index is 4.68. The van der Waals surface area contributed by atoms with E-state index in [0.29, 0.717) is 0 Å². The molecule has 0 bridgehead atoms. The van der Waals surface area contributed by atoms with E-state index in [1.807, 2.05) is 6.20 Å². The van der Waals surface area contributed by atoms with Crippen molar-refractivity contribution in [1.29, 1.82) is 0 Å². The Balaban J connectivity index is 2.16. The van der Waals surface area contributed by atoms with Gasteiger partial charge in [0.2, 0.25) is 0 Å². The molecule has 0 saturated heterocycles. The summed E-state index contributed by atoms with van der Waals surface area (Å²) in [5.41, 5.74) is 1.31. The first-order chi connectivity index (χ1) is 9.26. The summed E-state index contributed by atoms with van der Waals surface area (Å²) in [4.78, 5) is 7.17. The smallest absolute Gasteiger partial charge is 0.133 e. The van der Waals surface area contributed by atoms with Crippen LogP contribution >= 0.6 is 15.9 Å². The molecule has 106 valence electrons. The third-order valence-electron chi connectivity index (χ3n) is 3.38. The van der Waals surface area contributed by atoms with Crippen molar-refractivity contribution in [3.8, 4) is 0 Å². The highest BCUT2D eigenvalue weighted by molar-refractivity contribution is 9.10. The van der Waals surface area contributed by atoms with Gasteiger partial charge in [-0.15, -0.1) is 0 Å². The fourth-order valence-corrected chi connectivity index (χ4v) is 2.73. The molecule has 2 rings (SSSR count). The maximum atomic E-state index is 4.68. The van der Waals surface area contributed by atoms with Crippen LogP contribution in [0.2, 0.25) is 0 Å². The Morgan fingerprint density at radius 2 is 2.16 bits per heavy atom. The number of halogens is 1. The molecule has 0 unspecified atom stereocenters. The molecule has 0 spiro atoms. The Labute approximate surface area is 124 Å². The van der Waals surface area contributed by atoms with E-state index in [-0.39, 0.29) is 0 Å². The van der Waals surface area contributed by atoms with Crippen molar-refractivity contribution >= 4 is 21.7 Å². The zero-order valence-electron chi connectivity index (χ0n) is 12.0. The summed E-state index contributed by atoms with van der Waals surface area (Å²) in [6, 6.07) is 2.93. The number of aromatic nitrogens is 1. The van der Waals surface area contributed by atoms with E-state index in [2.05, 4.69) is 51.0 Å².